The van der Waals surface area contributed by atoms with E-state index < -0.39 is 0 Å². The van der Waals surface area contributed by atoms with E-state index in [4.69, 9.17) is 4.74 Å². The number of methoxy groups -OCH3 is 1. The number of carbonyl (C=O) groups excluding carboxylic acids is 1. The molecule has 110 valence electrons. The minimum atomic E-state index is -0.256. The summed E-state index contributed by atoms with van der Waals surface area (Å²) in [6.45, 7) is 0.524. The molecule has 0 atom stereocenters. The number of pyridine rings is 1. The van der Waals surface area contributed by atoms with Gasteiger partial charge in [0.25, 0.3) is 0 Å². The van der Waals surface area contributed by atoms with E-state index in [0.717, 1.165) is 15.9 Å². The number of benzene rings is 1. The summed E-state index contributed by atoms with van der Waals surface area (Å²) in [7, 11) is 1.64. The monoisotopic (exact) mass is 349 g/mol. The van der Waals surface area contributed by atoms with Gasteiger partial charge in [-0.1, -0.05) is 18.2 Å². The van der Waals surface area contributed by atoms with Crippen LogP contribution in [0.15, 0.2) is 47.2 Å². The van der Waals surface area contributed by atoms with Crippen molar-refractivity contribution < 1.29 is 9.53 Å². The second-order valence-electron chi connectivity index (χ2n) is 4.31. The molecule has 2 N–H and O–H groups in total. The van der Waals surface area contributed by atoms with Crippen LogP contribution in [-0.2, 0) is 6.42 Å². The normalized spacial score (nSPS) is 10.0. The van der Waals surface area contributed by atoms with Crippen molar-refractivity contribution >= 4 is 27.6 Å². The van der Waals surface area contributed by atoms with Crippen molar-refractivity contribution in [3.63, 3.8) is 0 Å². The smallest absolute Gasteiger partial charge is 0.319 e. The maximum atomic E-state index is 11.7. The molecule has 2 rings (SSSR count). The number of para-hydroxylation sites is 1. The van der Waals surface area contributed by atoms with Crippen LogP contribution in [-0.4, -0.2) is 24.7 Å². The molecule has 1 aromatic carbocycles. The summed E-state index contributed by atoms with van der Waals surface area (Å²) in [6.07, 6.45) is 2.29. The highest BCUT2D eigenvalue weighted by Crippen LogP contribution is 2.17. The quantitative estimate of drug-likeness (QED) is 0.814. The molecule has 2 aromatic rings. The second kappa shape index (κ2) is 7.64. The number of anilines is 1. The van der Waals surface area contributed by atoms with Crippen LogP contribution in [0.5, 0.6) is 5.75 Å². The topological polar surface area (TPSA) is 63.2 Å². The minimum absolute atomic E-state index is 0.256. The third-order valence-corrected chi connectivity index (χ3v) is 3.33. The number of rotatable bonds is 5. The molecule has 0 saturated heterocycles. The third kappa shape index (κ3) is 4.75. The first-order valence-electron chi connectivity index (χ1n) is 6.47. The molecule has 0 bridgehead atoms. The Hall–Kier alpha value is -2.08. The zero-order chi connectivity index (χ0) is 15.1. The highest BCUT2D eigenvalue weighted by Gasteiger charge is 2.04. The number of nitrogens with zero attached hydrogens (tertiary/aromatic N) is 1. The van der Waals surface area contributed by atoms with E-state index in [1.165, 1.54) is 0 Å². The number of urea groups is 1. The third-order valence-electron chi connectivity index (χ3n) is 2.86. The molecule has 0 aliphatic carbocycles. The van der Waals surface area contributed by atoms with Gasteiger partial charge in [-0.3, -0.25) is 0 Å². The van der Waals surface area contributed by atoms with E-state index in [0.29, 0.717) is 18.7 Å². The maximum absolute atomic E-state index is 11.7. The molecule has 0 saturated carbocycles. The fraction of sp³-hybridized carbons (Fsp3) is 0.200. The number of ether oxygens (including phenoxy) is 1. The fourth-order valence-electron chi connectivity index (χ4n) is 1.85. The van der Waals surface area contributed by atoms with Crippen LogP contribution in [0.4, 0.5) is 10.5 Å². The molecule has 6 heteroatoms. The summed E-state index contributed by atoms with van der Waals surface area (Å²) < 4.78 is 6.00. The Labute approximate surface area is 131 Å². The zero-order valence-corrected chi connectivity index (χ0v) is 13.2. The molecule has 0 aliphatic heterocycles. The van der Waals surface area contributed by atoms with Gasteiger partial charge in [-0.2, -0.15) is 0 Å². The standard InChI is InChI=1S/C15H16BrN3O2/c1-21-13-5-3-2-4-11(13)8-9-17-15(20)19-12-6-7-14(16)18-10-12/h2-7,10H,8-9H2,1H3,(H2,17,19,20). The summed E-state index contributed by atoms with van der Waals surface area (Å²) in [5.41, 5.74) is 1.71. The molecule has 2 amide bonds. The lowest BCUT2D eigenvalue weighted by Crippen LogP contribution is -2.30. The maximum Gasteiger partial charge on any atom is 0.319 e. The number of hydrogen-bond acceptors (Lipinski definition) is 3. The van der Waals surface area contributed by atoms with Crippen molar-refractivity contribution in [2.24, 2.45) is 0 Å². The largest absolute Gasteiger partial charge is 0.496 e. The predicted octanol–water partition coefficient (Wildman–Crippen LogP) is 3.22. The van der Waals surface area contributed by atoms with Crippen LogP contribution in [0.25, 0.3) is 0 Å². The van der Waals surface area contributed by atoms with Crippen molar-refractivity contribution in [3.05, 3.63) is 52.8 Å². The molecule has 0 unspecified atom stereocenters. The van der Waals surface area contributed by atoms with Gasteiger partial charge >= 0.3 is 6.03 Å². The Morgan fingerprint density at radius 1 is 1.29 bits per heavy atom. The van der Waals surface area contributed by atoms with Gasteiger partial charge in [0.05, 0.1) is 19.0 Å². The van der Waals surface area contributed by atoms with E-state index in [-0.39, 0.29) is 6.03 Å². The van der Waals surface area contributed by atoms with E-state index >= 15 is 0 Å². The number of nitrogens with one attached hydrogen (secondary N) is 2. The van der Waals surface area contributed by atoms with Crippen molar-refractivity contribution in [2.75, 3.05) is 19.0 Å². The predicted molar refractivity (Wildman–Crippen MR) is 85.7 cm³/mol. The van der Waals surface area contributed by atoms with Crippen LogP contribution < -0.4 is 15.4 Å². The first-order valence-corrected chi connectivity index (χ1v) is 7.26. The summed E-state index contributed by atoms with van der Waals surface area (Å²) in [5, 5.41) is 5.52. The first kappa shape index (κ1) is 15.3. The van der Waals surface area contributed by atoms with E-state index in [1.54, 1.807) is 25.4 Å². The summed E-state index contributed by atoms with van der Waals surface area (Å²) in [6, 6.07) is 11.0. The van der Waals surface area contributed by atoms with Gasteiger partial charge in [0.15, 0.2) is 0 Å². The van der Waals surface area contributed by atoms with Crippen molar-refractivity contribution in [1.29, 1.82) is 0 Å². The number of aromatic nitrogens is 1. The number of amides is 2. The zero-order valence-electron chi connectivity index (χ0n) is 11.6. The van der Waals surface area contributed by atoms with Gasteiger partial charge in [-0.15, -0.1) is 0 Å². The van der Waals surface area contributed by atoms with Gasteiger partial charge in [-0.25, -0.2) is 9.78 Å². The van der Waals surface area contributed by atoms with Gasteiger partial charge in [0.1, 0.15) is 10.4 Å². The van der Waals surface area contributed by atoms with E-state index in [9.17, 15) is 4.79 Å². The Balaban J connectivity index is 1.80. The van der Waals surface area contributed by atoms with Gasteiger partial charge in [0.2, 0.25) is 0 Å². The fourth-order valence-corrected chi connectivity index (χ4v) is 2.08. The molecule has 5 nitrogen and oxygen atoms in total. The van der Waals surface area contributed by atoms with Crippen LogP contribution >= 0.6 is 15.9 Å². The average molecular weight is 350 g/mol. The highest BCUT2D eigenvalue weighted by molar-refractivity contribution is 9.10. The molecular weight excluding hydrogens is 334 g/mol. The minimum Gasteiger partial charge on any atom is -0.496 e. The van der Waals surface area contributed by atoms with Crippen LogP contribution in [0.1, 0.15) is 5.56 Å². The molecule has 1 heterocycles. The first-order chi connectivity index (χ1) is 10.2. The van der Waals surface area contributed by atoms with E-state index in [2.05, 4.69) is 31.5 Å². The van der Waals surface area contributed by atoms with Gasteiger partial charge < -0.3 is 15.4 Å². The highest BCUT2D eigenvalue weighted by atomic mass is 79.9. The number of halogens is 1. The summed E-state index contributed by atoms with van der Waals surface area (Å²) >= 11 is 3.24. The van der Waals surface area contributed by atoms with Crippen molar-refractivity contribution in [2.45, 2.75) is 6.42 Å². The molecule has 0 spiro atoms. The molecule has 0 radical (unpaired) electrons. The Morgan fingerprint density at radius 2 is 2.10 bits per heavy atom. The van der Waals surface area contributed by atoms with E-state index in [1.807, 2.05) is 24.3 Å². The number of hydrogen-bond donors (Lipinski definition) is 2. The molecular formula is C15H16BrN3O2. The Morgan fingerprint density at radius 3 is 2.81 bits per heavy atom. The van der Waals surface area contributed by atoms with Gasteiger partial charge in [0, 0.05) is 6.54 Å². The lowest BCUT2D eigenvalue weighted by atomic mass is 10.1. The van der Waals surface area contributed by atoms with Crippen molar-refractivity contribution in [3.8, 4) is 5.75 Å². The Bertz CT molecular complexity index is 602. The van der Waals surface area contributed by atoms with Crippen LogP contribution in [0.3, 0.4) is 0 Å². The summed E-state index contributed by atoms with van der Waals surface area (Å²) in [5.74, 6) is 0.830. The average Bonchev–Trinajstić information content (AvgIpc) is 2.50. The van der Waals surface area contributed by atoms with Crippen LogP contribution in [0.2, 0.25) is 0 Å². The summed E-state index contributed by atoms with van der Waals surface area (Å²) in [4.78, 5) is 15.8. The molecule has 0 fully saturated rings. The molecule has 0 aliphatic rings. The second-order valence-corrected chi connectivity index (χ2v) is 5.12. The lowest BCUT2D eigenvalue weighted by Gasteiger charge is -2.10. The molecule has 1 aromatic heterocycles. The SMILES string of the molecule is COc1ccccc1CCNC(=O)Nc1ccc(Br)nc1. The van der Waals surface area contributed by atoms with Crippen molar-refractivity contribution in [1.82, 2.24) is 10.3 Å². The van der Waals surface area contributed by atoms with Gasteiger partial charge in [-0.05, 0) is 46.1 Å². The van der Waals surface area contributed by atoms with Crippen LogP contribution in [0, 0.1) is 0 Å². The molecule has 21 heavy (non-hydrogen) atoms. The number of carbonyl (C=O) groups is 1. The lowest BCUT2D eigenvalue weighted by molar-refractivity contribution is 0.252. The Kier molecular flexibility index (Phi) is 5.57.